The summed E-state index contributed by atoms with van der Waals surface area (Å²) >= 11 is 3.63. The summed E-state index contributed by atoms with van der Waals surface area (Å²) in [7, 11) is 0. The Morgan fingerprint density at radius 3 is 2.94 bits per heavy atom. The van der Waals surface area contributed by atoms with E-state index in [0.717, 1.165) is 25.6 Å². The number of anilines is 1. The van der Waals surface area contributed by atoms with Crippen molar-refractivity contribution in [2.75, 3.05) is 24.5 Å². The van der Waals surface area contributed by atoms with Crippen molar-refractivity contribution >= 4 is 21.6 Å². The van der Waals surface area contributed by atoms with Crippen molar-refractivity contribution in [2.45, 2.75) is 33.2 Å². The number of hydrogen-bond donors (Lipinski definition) is 1. The zero-order valence-corrected chi connectivity index (χ0v) is 13.1. The second-order valence-corrected chi connectivity index (χ2v) is 6.46. The minimum absolute atomic E-state index is 0.622. The van der Waals surface area contributed by atoms with Gasteiger partial charge in [0, 0.05) is 35.8 Å². The molecule has 0 aromatic heterocycles. The fraction of sp³-hybridized carbons (Fsp3) is 0.600. The summed E-state index contributed by atoms with van der Waals surface area (Å²) in [5.74, 6) is 0.756. The van der Waals surface area contributed by atoms with Crippen LogP contribution in [0.1, 0.15) is 25.8 Å². The van der Waals surface area contributed by atoms with Gasteiger partial charge in [0.2, 0.25) is 0 Å². The van der Waals surface area contributed by atoms with Crippen LogP contribution in [0, 0.1) is 12.8 Å². The van der Waals surface area contributed by atoms with E-state index in [1.807, 2.05) is 0 Å². The Balaban J connectivity index is 2.11. The SMILES string of the molecule is Cc1c(Br)cccc1N1CCNC(CC(C)C)C1. The number of piperazine rings is 1. The van der Waals surface area contributed by atoms with Gasteiger partial charge in [-0.15, -0.1) is 0 Å². The van der Waals surface area contributed by atoms with Crippen LogP contribution in [-0.2, 0) is 0 Å². The third-order valence-electron chi connectivity index (χ3n) is 3.59. The largest absolute Gasteiger partial charge is 0.368 e. The predicted molar refractivity (Wildman–Crippen MR) is 82.3 cm³/mol. The van der Waals surface area contributed by atoms with Crippen molar-refractivity contribution in [3.63, 3.8) is 0 Å². The number of benzene rings is 1. The Bertz CT molecular complexity index is 403. The van der Waals surface area contributed by atoms with Crippen molar-refractivity contribution in [1.82, 2.24) is 5.32 Å². The van der Waals surface area contributed by atoms with Gasteiger partial charge >= 0.3 is 0 Å². The van der Waals surface area contributed by atoms with Gasteiger partial charge in [-0.2, -0.15) is 0 Å². The van der Waals surface area contributed by atoms with Gasteiger partial charge in [0.25, 0.3) is 0 Å². The molecule has 0 amide bonds. The lowest BCUT2D eigenvalue weighted by molar-refractivity contribution is 0.388. The first-order chi connectivity index (χ1) is 8.58. The third-order valence-corrected chi connectivity index (χ3v) is 4.45. The lowest BCUT2D eigenvalue weighted by Gasteiger charge is -2.37. The van der Waals surface area contributed by atoms with Crippen LogP contribution < -0.4 is 10.2 Å². The highest BCUT2D eigenvalue weighted by Crippen LogP contribution is 2.28. The molecule has 0 radical (unpaired) electrons. The summed E-state index contributed by atoms with van der Waals surface area (Å²) in [6, 6.07) is 7.10. The molecule has 1 aliphatic heterocycles. The lowest BCUT2D eigenvalue weighted by atomic mass is 10.0. The molecule has 100 valence electrons. The molecule has 1 aromatic rings. The molecule has 0 spiro atoms. The Labute approximate surface area is 119 Å². The summed E-state index contributed by atoms with van der Waals surface area (Å²) in [6.45, 7) is 10.1. The lowest BCUT2D eigenvalue weighted by Crippen LogP contribution is -2.51. The van der Waals surface area contributed by atoms with Crippen LogP contribution >= 0.6 is 15.9 Å². The number of hydrogen-bond acceptors (Lipinski definition) is 2. The van der Waals surface area contributed by atoms with Crippen LogP contribution in [-0.4, -0.2) is 25.7 Å². The average Bonchev–Trinajstić information content (AvgIpc) is 2.32. The van der Waals surface area contributed by atoms with E-state index in [9.17, 15) is 0 Å². The first-order valence-electron chi connectivity index (χ1n) is 6.81. The van der Waals surface area contributed by atoms with E-state index in [-0.39, 0.29) is 0 Å². The van der Waals surface area contributed by atoms with E-state index in [0.29, 0.717) is 6.04 Å². The van der Waals surface area contributed by atoms with Crippen LogP contribution in [0.3, 0.4) is 0 Å². The smallest absolute Gasteiger partial charge is 0.0408 e. The topological polar surface area (TPSA) is 15.3 Å². The normalized spacial score (nSPS) is 20.5. The van der Waals surface area contributed by atoms with Gasteiger partial charge in [-0.1, -0.05) is 35.8 Å². The Hall–Kier alpha value is -0.540. The molecule has 1 atom stereocenters. The quantitative estimate of drug-likeness (QED) is 0.918. The van der Waals surface area contributed by atoms with Crippen molar-refractivity contribution in [2.24, 2.45) is 5.92 Å². The van der Waals surface area contributed by atoms with Crippen LogP contribution in [0.2, 0.25) is 0 Å². The number of halogens is 1. The van der Waals surface area contributed by atoms with E-state index in [1.165, 1.54) is 22.1 Å². The summed E-state index contributed by atoms with van der Waals surface area (Å²) in [6.07, 6.45) is 1.25. The molecular formula is C15H23BrN2. The molecule has 0 bridgehead atoms. The zero-order chi connectivity index (χ0) is 13.1. The van der Waals surface area contributed by atoms with E-state index >= 15 is 0 Å². The summed E-state index contributed by atoms with van der Waals surface area (Å²) in [4.78, 5) is 2.52. The minimum Gasteiger partial charge on any atom is -0.368 e. The number of rotatable bonds is 3. The molecule has 1 N–H and O–H groups in total. The second kappa shape index (κ2) is 6.07. The van der Waals surface area contributed by atoms with Gasteiger partial charge in [-0.25, -0.2) is 0 Å². The molecule has 18 heavy (non-hydrogen) atoms. The standard InChI is InChI=1S/C15H23BrN2/c1-11(2)9-13-10-18(8-7-17-13)15-6-4-5-14(16)12(15)3/h4-6,11,13,17H,7-10H2,1-3H3. The van der Waals surface area contributed by atoms with E-state index < -0.39 is 0 Å². The van der Waals surface area contributed by atoms with Gasteiger partial charge < -0.3 is 10.2 Å². The molecule has 1 aromatic carbocycles. The molecule has 2 rings (SSSR count). The Morgan fingerprint density at radius 2 is 2.22 bits per heavy atom. The van der Waals surface area contributed by atoms with E-state index in [4.69, 9.17) is 0 Å². The second-order valence-electron chi connectivity index (χ2n) is 5.61. The first-order valence-corrected chi connectivity index (χ1v) is 7.60. The molecule has 0 saturated carbocycles. The molecule has 1 fully saturated rings. The third kappa shape index (κ3) is 3.27. The highest BCUT2D eigenvalue weighted by Gasteiger charge is 2.21. The van der Waals surface area contributed by atoms with Crippen LogP contribution in [0.4, 0.5) is 5.69 Å². The van der Waals surface area contributed by atoms with Gasteiger partial charge in [0.05, 0.1) is 0 Å². The van der Waals surface area contributed by atoms with Gasteiger partial charge in [0.1, 0.15) is 0 Å². The monoisotopic (exact) mass is 310 g/mol. The predicted octanol–water partition coefficient (Wildman–Crippen LogP) is 3.58. The molecule has 1 unspecified atom stereocenters. The highest BCUT2D eigenvalue weighted by atomic mass is 79.9. The molecule has 1 heterocycles. The van der Waals surface area contributed by atoms with Gasteiger partial charge in [-0.05, 0) is 37.0 Å². The van der Waals surface area contributed by atoms with E-state index in [2.05, 4.69) is 65.1 Å². The molecule has 3 heteroatoms. The summed E-state index contributed by atoms with van der Waals surface area (Å²) < 4.78 is 1.21. The highest BCUT2D eigenvalue weighted by molar-refractivity contribution is 9.10. The van der Waals surface area contributed by atoms with E-state index in [1.54, 1.807) is 0 Å². The molecule has 1 aliphatic rings. The number of nitrogens with one attached hydrogen (secondary N) is 1. The first kappa shape index (κ1) is 13.9. The van der Waals surface area contributed by atoms with Gasteiger partial charge in [-0.3, -0.25) is 0 Å². The van der Waals surface area contributed by atoms with Crippen molar-refractivity contribution < 1.29 is 0 Å². The fourth-order valence-electron chi connectivity index (χ4n) is 2.71. The summed E-state index contributed by atoms with van der Waals surface area (Å²) in [5, 5.41) is 3.63. The average molecular weight is 311 g/mol. The van der Waals surface area contributed by atoms with Gasteiger partial charge in [0.15, 0.2) is 0 Å². The molecule has 0 aliphatic carbocycles. The van der Waals surface area contributed by atoms with Crippen molar-refractivity contribution in [3.8, 4) is 0 Å². The van der Waals surface area contributed by atoms with Crippen LogP contribution in [0.25, 0.3) is 0 Å². The number of nitrogens with zero attached hydrogens (tertiary/aromatic N) is 1. The van der Waals surface area contributed by atoms with Crippen LogP contribution in [0.5, 0.6) is 0 Å². The fourth-order valence-corrected chi connectivity index (χ4v) is 3.07. The minimum atomic E-state index is 0.622. The molecular weight excluding hydrogens is 288 g/mol. The van der Waals surface area contributed by atoms with Crippen molar-refractivity contribution in [3.05, 3.63) is 28.2 Å². The Kier molecular flexibility index (Phi) is 4.68. The maximum absolute atomic E-state index is 3.63. The Morgan fingerprint density at radius 1 is 1.44 bits per heavy atom. The summed E-state index contributed by atoms with van der Waals surface area (Å²) in [5.41, 5.74) is 2.72. The maximum atomic E-state index is 3.63. The molecule has 2 nitrogen and oxygen atoms in total. The van der Waals surface area contributed by atoms with Crippen LogP contribution in [0.15, 0.2) is 22.7 Å². The molecule has 1 saturated heterocycles. The van der Waals surface area contributed by atoms with Crippen molar-refractivity contribution in [1.29, 1.82) is 0 Å². The maximum Gasteiger partial charge on any atom is 0.0408 e. The zero-order valence-electron chi connectivity index (χ0n) is 11.5.